The summed E-state index contributed by atoms with van der Waals surface area (Å²) in [5.41, 5.74) is 29.7. The third kappa shape index (κ3) is 8.93. The van der Waals surface area contributed by atoms with Gasteiger partial charge in [-0.25, -0.2) is 4.99 Å². The van der Waals surface area contributed by atoms with E-state index in [-0.39, 0.29) is 23.3 Å². The molecular formula is C62H66N6. The second-order valence-corrected chi connectivity index (χ2v) is 19.2. The van der Waals surface area contributed by atoms with Gasteiger partial charge >= 0.3 is 0 Å². The van der Waals surface area contributed by atoms with Crippen LogP contribution in [0, 0.1) is 11.8 Å². The van der Waals surface area contributed by atoms with Gasteiger partial charge in [-0.3, -0.25) is 15.3 Å². The Hall–Kier alpha value is -7.02. The van der Waals surface area contributed by atoms with Crippen molar-refractivity contribution < 1.29 is 0 Å². The molecular weight excluding hydrogens is 829 g/mol. The van der Waals surface area contributed by atoms with Gasteiger partial charge in [-0.05, 0) is 121 Å². The molecule has 6 heteroatoms. The van der Waals surface area contributed by atoms with Gasteiger partial charge in [0.1, 0.15) is 0 Å². The van der Waals surface area contributed by atoms with Crippen LogP contribution in [0.5, 0.6) is 0 Å². The van der Waals surface area contributed by atoms with Crippen molar-refractivity contribution in [1.29, 1.82) is 0 Å². The molecule has 9 rings (SSSR count). The summed E-state index contributed by atoms with van der Waals surface area (Å²) in [6.07, 6.45) is 33.5. The Morgan fingerprint density at radius 1 is 0.868 bits per heavy atom. The summed E-state index contributed by atoms with van der Waals surface area (Å²) in [5, 5.41) is 2.24. The molecule has 4 aliphatic rings. The summed E-state index contributed by atoms with van der Waals surface area (Å²) >= 11 is 0. The molecule has 4 N–H and O–H groups in total. The number of anilines is 1. The van der Waals surface area contributed by atoms with Crippen LogP contribution >= 0.6 is 0 Å². The first-order chi connectivity index (χ1) is 33.0. The van der Waals surface area contributed by atoms with Crippen molar-refractivity contribution in [3.8, 4) is 11.1 Å². The Kier molecular flexibility index (Phi) is 13.3. The van der Waals surface area contributed by atoms with Gasteiger partial charge in [0.2, 0.25) is 5.96 Å². The van der Waals surface area contributed by atoms with Crippen LogP contribution in [-0.4, -0.2) is 28.6 Å². The lowest BCUT2D eigenvalue weighted by Gasteiger charge is -2.51. The number of rotatable bonds is 12. The van der Waals surface area contributed by atoms with Gasteiger partial charge in [-0.15, -0.1) is 0 Å². The molecule has 1 aliphatic heterocycles. The number of nitrogens with two attached hydrogens (primary N) is 2. The van der Waals surface area contributed by atoms with Crippen LogP contribution in [0.1, 0.15) is 84.8 Å². The number of allylic oxidation sites excluding steroid dienone is 15. The Bertz CT molecular complexity index is 3110. The lowest BCUT2D eigenvalue weighted by molar-refractivity contribution is 0.308. The van der Waals surface area contributed by atoms with Crippen molar-refractivity contribution in [3.63, 3.8) is 0 Å². The molecule has 0 fully saturated rings. The van der Waals surface area contributed by atoms with Gasteiger partial charge in [0.25, 0.3) is 0 Å². The van der Waals surface area contributed by atoms with E-state index in [1.54, 1.807) is 0 Å². The number of fused-ring (bicyclic) bond motifs is 5. The molecule has 0 saturated carbocycles. The first-order valence-corrected chi connectivity index (χ1v) is 24.5. The number of nitrogens with zero attached hydrogens (tertiary/aromatic N) is 4. The van der Waals surface area contributed by atoms with E-state index >= 15 is 0 Å². The number of hydrogen-bond acceptors (Lipinski definition) is 4. The van der Waals surface area contributed by atoms with Crippen molar-refractivity contribution in [2.45, 2.75) is 91.4 Å². The summed E-state index contributed by atoms with van der Waals surface area (Å²) in [6.45, 7) is 17.9. The fourth-order valence-corrected chi connectivity index (χ4v) is 10.9. The van der Waals surface area contributed by atoms with Crippen LogP contribution in [0.3, 0.4) is 0 Å². The zero-order valence-corrected chi connectivity index (χ0v) is 40.7. The minimum Gasteiger partial charge on any atom is -0.369 e. The fraction of sp³-hybridized carbons (Fsp3) is 0.258. The molecule has 0 radical (unpaired) electrons. The first-order valence-electron chi connectivity index (χ1n) is 24.5. The summed E-state index contributed by atoms with van der Waals surface area (Å²) in [6, 6.07) is 32.3. The van der Waals surface area contributed by atoms with E-state index in [2.05, 4.69) is 215 Å². The predicted molar refractivity (Wildman–Crippen MR) is 292 cm³/mol. The molecule has 3 aliphatic carbocycles. The van der Waals surface area contributed by atoms with Crippen LogP contribution in [0.15, 0.2) is 214 Å². The second kappa shape index (κ2) is 19.7. The van der Waals surface area contributed by atoms with Crippen molar-refractivity contribution in [2.24, 2.45) is 33.3 Å². The molecule has 6 nitrogen and oxygen atoms in total. The lowest BCUT2D eigenvalue weighted by Crippen LogP contribution is -2.57. The maximum absolute atomic E-state index is 7.42. The predicted octanol–water partition coefficient (Wildman–Crippen LogP) is 14.6. The first kappa shape index (κ1) is 46.1. The highest BCUT2D eigenvalue weighted by molar-refractivity contribution is 6.15. The molecule has 344 valence electrons. The number of hydrogen-bond donors (Lipinski definition) is 2. The fourth-order valence-electron chi connectivity index (χ4n) is 10.9. The second-order valence-electron chi connectivity index (χ2n) is 19.2. The van der Waals surface area contributed by atoms with E-state index in [1.165, 1.54) is 39.0 Å². The van der Waals surface area contributed by atoms with Crippen LogP contribution in [0.4, 0.5) is 5.69 Å². The molecule has 4 atom stereocenters. The SMILES string of the molecule is C=C(N=C(N)n1c2ccccc2c2cc3c(cc21)N(C(N)N=C(C)C(C=CC)=Cc1cccc(-c2ccccc2)c1)C1C=CC=CC1C3(C)C)/C(CCC)=C(\C)C1C=C(C2=CCCC=C2)C=CC1. The highest BCUT2D eigenvalue weighted by Gasteiger charge is 2.46. The highest BCUT2D eigenvalue weighted by Crippen LogP contribution is 2.51. The molecule has 1 aromatic heterocycles. The summed E-state index contributed by atoms with van der Waals surface area (Å²) in [5.74, 6) is 0.797. The third-order valence-corrected chi connectivity index (χ3v) is 14.5. The summed E-state index contributed by atoms with van der Waals surface area (Å²) in [7, 11) is 0. The highest BCUT2D eigenvalue weighted by atomic mass is 15.3. The van der Waals surface area contributed by atoms with Crippen LogP contribution in [-0.2, 0) is 5.41 Å². The van der Waals surface area contributed by atoms with Crippen molar-refractivity contribution in [2.75, 3.05) is 4.90 Å². The van der Waals surface area contributed by atoms with Crippen molar-refractivity contribution >= 4 is 45.2 Å². The largest absolute Gasteiger partial charge is 0.369 e. The van der Waals surface area contributed by atoms with E-state index in [0.717, 1.165) is 76.4 Å². The van der Waals surface area contributed by atoms with Crippen molar-refractivity contribution in [1.82, 2.24) is 4.57 Å². The third-order valence-electron chi connectivity index (χ3n) is 14.5. The van der Waals surface area contributed by atoms with E-state index in [4.69, 9.17) is 21.5 Å². The smallest absolute Gasteiger partial charge is 0.205 e. The van der Waals surface area contributed by atoms with Gasteiger partial charge in [-0.2, -0.15) is 0 Å². The molecule has 0 saturated heterocycles. The zero-order valence-electron chi connectivity index (χ0n) is 40.7. The number of aliphatic imine (C=N–C) groups is 2. The summed E-state index contributed by atoms with van der Waals surface area (Å²) in [4.78, 5) is 12.9. The monoisotopic (exact) mass is 895 g/mol. The topological polar surface area (TPSA) is 84.9 Å². The standard InChI is InChI=1S/C62H66N6/c1-8-22-48(36-44-24-20-30-49(37-44)45-25-12-10-13-26-45)42(4)65-60(63)68-57-35-19-17-33-54(57)62(6,7)55-39-53-52-32-16-18-34-56(52)67(58(53)40-59(55)68)61(64)66-43(5)51(23-9-2)41(3)47-29-21-31-50(38-47)46-27-14-11-15-28-46/h8,10,12-14,16-22,24-28,30-40,47,54,57,60H,5,9,11,15,23,29,63H2,1-4,6-7H3,(H2,64,66)/b22-8?,48-36?,51-41+,65-42?. The Morgan fingerprint density at radius 2 is 1.63 bits per heavy atom. The van der Waals surface area contributed by atoms with Gasteiger partial charge < -0.3 is 10.6 Å². The Morgan fingerprint density at radius 3 is 2.41 bits per heavy atom. The molecule has 0 amide bonds. The Balaban J connectivity index is 1.13. The quantitative estimate of drug-likeness (QED) is 0.0743. The lowest BCUT2D eigenvalue weighted by atomic mass is 9.65. The van der Waals surface area contributed by atoms with Crippen LogP contribution in [0.2, 0.25) is 0 Å². The minimum atomic E-state index is -0.696. The van der Waals surface area contributed by atoms with Gasteiger partial charge in [-0.1, -0.05) is 179 Å². The molecule has 5 aromatic rings. The molecule has 0 spiro atoms. The summed E-state index contributed by atoms with van der Waals surface area (Å²) < 4.78 is 2.11. The molecule has 2 heterocycles. The molecule has 0 bridgehead atoms. The maximum atomic E-state index is 7.42. The van der Waals surface area contributed by atoms with Crippen molar-refractivity contribution in [3.05, 3.63) is 215 Å². The number of benzene rings is 4. The zero-order chi connectivity index (χ0) is 47.5. The molecule has 4 unspecified atom stereocenters. The Labute approximate surface area is 404 Å². The van der Waals surface area contributed by atoms with E-state index in [1.807, 2.05) is 13.0 Å². The van der Waals surface area contributed by atoms with Crippen LogP contribution in [0.25, 0.3) is 39.0 Å². The van der Waals surface area contributed by atoms with E-state index < -0.39 is 6.29 Å². The average molecular weight is 895 g/mol. The normalized spacial score (nSPS) is 21.2. The number of para-hydroxylation sites is 1. The van der Waals surface area contributed by atoms with Crippen LogP contribution < -0.4 is 16.4 Å². The molecule has 68 heavy (non-hydrogen) atoms. The van der Waals surface area contributed by atoms with E-state index in [0.29, 0.717) is 11.7 Å². The maximum Gasteiger partial charge on any atom is 0.205 e. The van der Waals surface area contributed by atoms with Gasteiger partial charge in [0, 0.05) is 39.4 Å². The number of aromatic nitrogens is 1. The van der Waals surface area contributed by atoms with E-state index in [9.17, 15) is 0 Å². The average Bonchev–Trinajstić information content (AvgIpc) is 3.69. The molecule has 4 aromatic carbocycles. The van der Waals surface area contributed by atoms with Gasteiger partial charge in [0.05, 0.1) is 22.8 Å². The minimum absolute atomic E-state index is 0.0360. The van der Waals surface area contributed by atoms with Gasteiger partial charge in [0.15, 0.2) is 6.29 Å².